The van der Waals surface area contributed by atoms with Crippen LogP contribution in [0.2, 0.25) is 0 Å². The number of rotatable bonds is 6. The molecule has 3 aromatic carbocycles. The Kier molecular flexibility index (Phi) is 6.91. The van der Waals surface area contributed by atoms with Gasteiger partial charge in [-0.25, -0.2) is 12.8 Å². The Morgan fingerprint density at radius 3 is 2.12 bits per heavy atom. The maximum absolute atomic E-state index is 14.0. The largest absolute Gasteiger partial charge is 0.349 e. The van der Waals surface area contributed by atoms with Crippen LogP contribution in [0.25, 0.3) is 11.1 Å². The van der Waals surface area contributed by atoms with Gasteiger partial charge in [0.25, 0.3) is 0 Å². The van der Waals surface area contributed by atoms with Gasteiger partial charge in [0.05, 0.1) is 6.04 Å². The van der Waals surface area contributed by atoms with Crippen molar-refractivity contribution in [2.75, 3.05) is 13.1 Å². The fourth-order valence-electron chi connectivity index (χ4n) is 4.16. The molecule has 0 bridgehead atoms. The number of amides is 1. The second-order valence-electron chi connectivity index (χ2n) is 8.33. The Balaban J connectivity index is 1.34. The summed E-state index contributed by atoms with van der Waals surface area (Å²) in [7, 11) is -3.91. The Morgan fingerprint density at radius 1 is 0.909 bits per heavy atom. The van der Waals surface area contributed by atoms with Crippen molar-refractivity contribution in [1.29, 1.82) is 0 Å². The molecule has 7 heteroatoms. The summed E-state index contributed by atoms with van der Waals surface area (Å²) in [6.45, 7) is 2.32. The van der Waals surface area contributed by atoms with Crippen molar-refractivity contribution in [2.45, 2.75) is 30.7 Å². The van der Waals surface area contributed by atoms with Crippen molar-refractivity contribution < 1.29 is 17.6 Å². The lowest BCUT2D eigenvalue weighted by atomic mass is 9.96. The van der Waals surface area contributed by atoms with Gasteiger partial charge in [0.1, 0.15) is 10.7 Å². The van der Waals surface area contributed by atoms with E-state index in [0.717, 1.165) is 22.8 Å². The molecule has 4 rings (SSSR count). The number of sulfonamides is 1. The smallest absolute Gasteiger partial charge is 0.245 e. The first kappa shape index (κ1) is 23.1. The first-order chi connectivity index (χ1) is 15.9. The summed E-state index contributed by atoms with van der Waals surface area (Å²) >= 11 is 0. The van der Waals surface area contributed by atoms with Crippen molar-refractivity contribution in [1.82, 2.24) is 9.62 Å². The van der Waals surface area contributed by atoms with Gasteiger partial charge in [-0.1, -0.05) is 66.7 Å². The zero-order valence-corrected chi connectivity index (χ0v) is 19.3. The molecule has 33 heavy (non-hydrogen) atoms. The zero-order chi connectivity index (χ0) is 23.4. The molecular weight excluding hydrogens is 439 g/mol. The van der Waals surface area contributed by atoms with Gasteiger partial charge in [-0.15, -0.1) is 0 Å². The number of nitrogens with one attached hydrogen (secondary N) is 1. The maximum atomic E-state index is 14.0. The molecule has 1 N–H and O–H groups in total. The van der Waals surface area contributed by atoms with Crippen LogP contribution in [0.1, 0.15) is 31.4 Å². The highest BCUT2D eigenvalue weighted by Crippen LogP contribution is 2.27. The molecule has 1 fully saturated rings. The monoisotopic (exact) mass is 466 g/mol. The highest BCUT2D eigenvalue weighted by molar-refractivity contribution is 7.89. The van der Waals surface area contributed by atoms with E-state index in [0.29, 0.717) is 12.8 Å². The summed E-state index contributed by atoms with van der Waals surface area (Å²) in [4.78, 5) is 12.5. The van der Waals surface area contributed by atoms with Gasteiger partial charge in [0.2, 0.25) is 15.9 Å². The van der Waals surface area contributed by atoms with Gasteiger partial charge in [-0.3, -0.25) is 4.79 Å². The Morgan fingerprint density at radius 2 is 1.48 bits per heavy atom. The third-order valence-corrected chi connectivity index (χ3v) is 8.09. The van der Waals surface area contributed by atoms with E-state index in [9.17, 15) is 17.6 Å². The summed E-state index contributed by atoms with van der Waals surface area (Å²) in [6, 6.07) is 23.4. The number of benzene rings is 3. The van der Waals surface area contributed by atoms with Crippen molar-refractivity contribution in [3.8, 4) is 11.1 Å². The van der Waals surface area contributed by atoms with Crippen LogP contribution in [0.4, 0.5) is 4.39 Å². The molecule has 0 unspecified atom stereocenters. The van der Waals surface area contributed by atoms with Gasteiger partial charge in [0.15, 0.2) is 0 Å². The van der Waals surface area contributed by atoms with Crippen LogP contribution in [0.15, 0.2) is 83.8 Å². The Hall–Kier alpha value is -3.03. The van der Waals surface area contributed by atoms with E-state index in [2.05, 4.69) is 17.4 Å². The number of carbonyl (C=O) groups is 1. The molecule has 3 aromatic rings. The van der Waals surface area contributed by atoms with Crippen molar-refractivity contribution in [2.24, 2.45) is 5.92 Å². The van der Waals surface area contributed by atoms with E-state index in [4.69, 9.17) is 0 Å². The average Bonchev–Trinajstić information content (AvgIpc) is 2.85. The first-order valence-corrected chi connectivity index (χ1v) is 12.5. The third-order valence-electron chi connectivity index (χ3n) is 6.16. The van der Waals surface area contributed by atoms with E-state index in [1.54, 1.807) is 0 Å². The second kappa shape index (κ2) is 9.85. The molecule has 0 aliphatic carbocycles. The van der Waals surface area contributed by atoms with Crippen LogP contribution in [-0.4, -0.2) is 31.7 Å². The fourth-order valence-corrected chi connectivity index (χ4v) is 5.70. The van der Waals surface area contributed by atoms with Gasteiger partial charge < -0.3 is 5.32 Å². The van der Waals surface area contributed by atoms with Crippen LogP contribution in [-0.2, 0) is 14.8 Å². The van der Waals surface area contributed by atoms with Crippen molar-refractivity contribution in [3.05, 3.63) is 90.2 Å². The number of halogens is 1. The third kappa shape index (κ3) is 5.15. The standard InChI is InChI=1S/C26H27FN2O3S/c1-19(20-11-13-22(14-12-20)21-7-3-2-4-8-21)28-26(30)23-15-17-29(18-16-23)33(31,32)25-10-6-5-9-24(25)27/h2-14,19,23H,15-18H2,1H3,(H,28,30)/t19-/m0/s1. The maximum Gasteiger partial charge on any atom is 0.245 e. The first-order valence-electron chi connectivity index (χ1n) is 11.1. The molecule has 1 amide bonds. The predicted octanol–water partition coefficient (Wildman–Crippen LogP) is 4.77. The van der Waals surface area contributed by atoms with Gasteiger partial charge in [0, 0.05) is 19.0 Å². The summed E-state index contributed by atoms with van der Waals surface area (Å²) in [5.74, 6) is -1.12. The average molecular weight is 467 g/mol. The fraction of sp³-hybridized carbons (Fsp3) is 0.269. The van der Waals surface area contributed by atoms with E-state index in [1.165, 1.54) is 22.5 Å². The molecule has 1 atom stereocenters. The van der Waals surface area contributed by atoms with Crippen molar-refractivity contribution in [3.63, 3.8) is 0 Å². The molecule has 0 aromatic heterocycles. The Bertz CT molecular complexity index is 1210. The summed E-state index contributed by atoms with van der Waals surface area (Å²) in [6.07, 6.45) is 0.804. The number of carbonyl (C=O) groups excluding carboxylic acids is 1. The van der Waals surface area contributed by atoms with Gasteiger partial charge >= 0.3 is 0 Å². The lowest BCUT2D eigenvalue weighted by Crippen LogP contribution is -2.43. The number of nitrogens with zero attached hydrogens (tertiary/aromatic N) is 1. The minimum Gasteiger partial charge on any atom is -0.349 e. The van der Waals surface area contributed by atoms with Crippen LogP contribution in [0.3, 0.4) is 0 Å². The topological polar surface area (TPSA) is 66.5 Å². The van der Waals surface area contributed by atoms with Crippen LogP contribution in [0, 0.1) is 11.7 Å². The minimum absolute atomic E-state index is 0.0856. The van der Waals surface area contributed by atoms with E-state index in [1.807, 2.05) is 49.4 Å². The van der Waals surface area contributed by atoms with Gasteiger partial charge in [-0.2, -0.15) is 4.31 Å². The summed E-state index contributed by atoms with van der Waals surface area (Å²) < 4.78 is 40.8. The normalized spacial score (nSPS) is 16.3. The minimum atomic E-state index is -3.91. The highest BCUT2D eigenvalue weighted by atomic mass is 32.2. The molecule has 5 nitrogen and oxygen atoms in total. The lowest BCUT2D eigenvalue weighted by Gasteiger charge is -2.31. The molecule has 0 radical (unpaired) electrons. The summed E-state index contributed by atoms with van der Waals surface area (Å²) in [5, 5.41) is 3.05. The quantitative estimate of drug-likeness (QED) is 0.569. The molecule has 0 saturated carbocycles. The molecule has 1 aliphatic heterocycles. The molecule has 1 saturated heterocycles. The highest BCUT2D eigenvalue weighted by Gasteiger charge is 2.33. The van der Waals surface area contributed by atoms with Gasteiger partial charge in [-0.05, 0) is 48.6 Å². The molecule has 1 aliphatic rings. The lowest BCUT2D eigenvalue weighted by molar-refractivity contribution is -0.126. The van der Waals surface area contributed by atoms with Crippen molar-refractivity contribution >= 4 is 15.9 Å². The second-order valence-corrected chi connectivity index (χ2v) is 10.2. The molecule has 172 valence electrons. The Labute approximate surface area is 194 Å². The predicted molar refractivity (Wildman–Crippen MR) is 126 cm³/mol. The summed E-state index contributed by atoms with van der Waals surface area (Å²) in [5.41, 5.74) is 3.25. The number of hydrogen-bond acceptors (Lipinski definition) is 3. The molecule has 0 spiro atoms. The number of hydrogen-bond donors (Lipinski definition) is 1. The molecule has 1 heterocycles. The van der Waals surface area contributed by atoms with Crippen LogP contribution in [0.5, 0.6) is 0 Å². The zero-order valence-electron chi connectivity index (χ0n) is 18.4. The van der Waals surface area contributed by atoms with Crippen LogP contribution >= 0.6 is 0 Å². The van der Waals surface area contributed by atoms with E-state index < -0.39 is 15.8 Å². The molecular formula is C26H27FN2O3S. The SMILES string of the molecule is C[C@H](NC(=O)C1CCN(S(=O)(=O)c2ccccc2F)CC1)c1ccc(-c2ccccc2)cc1. The van der Waals surface area contributed by atoms with Crippen LogP contribution < -0.4 is 5.32 Å². The number of piperidine rings is 1. The van der Waals surface area contributed by atoms with E-state index in [-0.39, 0.29) is 35.9 Å². The van der Waals surface area contributed by atoms with E-state index >= 15 is 0 Å².